The zero-order valence-electron chi connectivity index (χ0n) is 22.7. The number of hydrogen-bond donors (Lipinski definition) is 0. The summed E-state index contributed by atoms with van der Waals surface area (Å²) in [4.78, 5) is 4.93. The molecule has 1 aliphatic heterocycles. The van der Waals surface area contributed by atoms with Gasteiger partial charge in [-0.2, -0.15) is 0 Å². The fraction of sp³-hybridized carbons (Fsp3) is 0. The molecule has 198 valence electrons. The van der Waals surface area contributed by atoms with Crippen LogP contribution in [-0.4, -0.2) is 9.13 Å². The van der Waals surface area contributed by atoms with Crippen molar-refractivity contribution in [2.45, 2.75) is 9.79 Å². The van der Waals surface area contributed by atoms with Crippen molar-refractivity contribution in [3.05, 3.63) is 152 Å². The molecule has 0 saturated carbocycles. The fourth-order valence-corrected chi connectivity index (χ4v) is 7.48. The minimum atomic E-state index is 1.15. The first-order valence-corrected chi connectivity index (χ1v) is 15.0. The average Bonchev–Trinajstić information content (AvgIpc) is 3.61. The Bertz CT molecular complexity index is 2230. The van der Waals surface area contributed by atoms with Gasteiger partial charge in [0.25, 0.3) is 0 Å². The maximum Gasteiger partial charge on any atom is 0.0601 e. The number of hydrogen-bond acceptors (Lipinski definition) is 2. The van der Waals surface area contributed by atoms with Gasteiger partial charge >= 0.3 is 0 Å². The van der Waals surface area contributed by atoms with E-state index in [1.807, 2.05) is 11.8 Å². The van der Waals surface area contributed by atoms with Gasteiger partial charge in [-0.15, -0.1) is 0 Å². The van der Waals surface area contributed by atoms with Crippen LogP contribution in [0.4, 0.5) is 17.1 Å². The average molecular weight is 556 g/mol. The number of para-hydroxylation sites is 4. The number of rotatable bonds is 3. The Labute approximate surface area is 247 Å². The zero-order valence-corrected chi connectivity index (χ0v) is 23.5. The van der Waals surface area contributed by atoms with Gasteiger partial charge in [0.15, 0.2) is 0 Å². The van der Waals surface area contributed by atoms with Crippen LogP contribution in [0.3, 0.4) is 0 Å². The minimum absolute atomic E-state index is 1.15. The van der Waals surface area contributed by atoms with Gasteiger partial charge in [0.05, 0.1) is 27.9 Å². The molecule has 2 aromatic heterocycles. The molecule has 9 rings (SSSR count). The summed E-state index contributed by atoms with van der Waals surface area (Å²) < 4.78 is 4.68. The monoisotopic (exact) mass is 555 g/mol. The summed E-state index contributed by atoms with van der Waals surface area (Å²) in [5.74, 6) is 0. The second kappa shape index (κ2) is 9.16. The van der Waals surface area contributed by atoms with Crippen LogP contribution in [0.15, 0.2) is 162 Å². The van der Waals surface area contributed by atoms with Gasteiger partial charge in [-0.05, 0) is 84.9 Å². The van der Waals surface area contributed by atoms with Crippen molar-refractivity contribution in [1.29, 1.82) is 0 Å². The molecule has 0 unspecified atom stereocenters. The molecule has 0 saturated heterocycles. The quantitative estimate of drug-likeness (QED) is 0.215. The molecule has 4 heteroatoms. The maximum atomic E-state index is 2.40. The number of fused-ring (bicyclic) bond motifs is 6. The van der Waals surface area contributed by atoms with Crippen molar-refractivity contribution >= 4 is 61.5 Å². The second-order valence-electron chi connectivity index (χ2n) is 10.7. The van der Waals surface area contributed by atoms with Crippen LogP contribution >= 0.6 is 11.8 Å². The highest BCUT2D eigenvalue weighted by molar-refractivity contribution is 7.99. The maximum absolute atomic E-state index is 2.40. The lowest BCUT2D eigenvalue weighted by atomic mass is 10.1. The predicted octanol–water partition coefficient (Wildman–Crippen LogP) is 10.7. The Morgan fingerprint density at radius 3 is 1.83 bits per heavy atom. The van der Waals surface area contributed by atoms with Gasteiger partial charge in [-0.25, -0.2) is 0 Å². The van der Waals surface area contributed by atoms with Gasteiger partial charge in [0.1, 0.15) is 0 Å². The molecular weight excluding hydrogens is 531 g/mol. The van der Waals surface area contributed by atoms with Gasteiger partial charge < -0.3 is 14.0 Å². The lowest BCUT2D eigenvalue weighted by Gasteiger charge is -2.32. The van der Waals surface area contributed by atoms with Crippen LogP contribution < -0.4 is 4.90 Å². The second-order valence-corrected chi connectivity index (χ2v) is 11.8. The van der Waals surface area contributed by atoms with Crippen molar-refractivity contribution < 1.29 is 0 Å². The molecule has 3 heterocycles. The first kappa shape index (κ1) is 23.5. The van der Waals surface area contributed by atoms with Crippen molar-refractivity contribution in [3.8, 4) is 11.4 Å². The predicted molar refractivity (Wildman–Crippen MR) is 176 cm³/mol. The highest BCUT2D eigenvalue weighted by Gasteiger charge is 2.24. The van der Waals surface area contributed by atoms with E-state index in [0.717, 1.165) is 11.4 Å². The van der Waals surface area contributed by atoms with E-state index >= 15 is 0 Å². The van der Waals surface area contributed by atoms with Gasteiger partial charge in [0.2, 0.25) is 0 Å². The number of benzene rings is 6. The SMILES string of the molecule is c1ccc(-n2ccc3cc4c(cc32)c2ccccc2n4-c2ccc(N3c4ccccc4Sc4ccccc43)cc2)cc1. The molecule has 0 N–H and O–H groups in total. The van der Waals surface area contributed by atoms with Crippen molar-refractivity contribution in [1.82, 2.24) is 9.13 Å². The van der Waals surface area contributed by atoms with Crippen LogP contribution in [0, 0.1) is 0 Å². The molecule has 0 spiro atoms. The third-order valence-corrected chi connectivity index (χ3v) is 9.45. The highest BCUT2D eigenvalue weighted by atomic mass is 32.2. The van der Waals surface area contributed by atoms with E-state index < -0.39 is 0 Å². The van der Waals surface area contributed by atoms with E-state index in [1.54, 1.807) is 0 Å². The summed E-state index contributed by atoms with van der Waals surface area (Å²) in [6.45, 7) is 0. The van der Waals surface area contributed by atoms with Gasteiger partial charge in [-0.3, -0.25) is 0 Å². The smallest absolute Gasteiger partial charge is 0.0601 e. The van der Waals surface area contributed by atoms with Crippen molar-refractivity contribution in [2.75, 3.05) is 4.90 Å². The summed E-state index contributed by atoms with van der Waals surface area (Å²) in [5, 5.41) is 3.75. The number of aromatic nitrogens is 2. The molecule has 0 aliphatic carbocycles. The zero-order chi connectivity index (χ0) is 27.6. The van der Waals surface area contributed by atoms with E-state index in [4.69, 9.17) is 0 Å². The lowest BCUT2D eigenvalue weighted by molar-refractivity contribution is 1.13. The Kier molecular flexibility index (Phi) is 5.13. The largest absolute Gasteiger partial charge is 0.317 e. The standard InChI is InChI=1S/C38H25N3S/c1-2-10-27(11-3-1)39-23-22-26-24-36-31(25-35(26)39)30-12-4-5-13-32(30)40(36)28-18-20-29(21-19-28)41-33-14-6-8-16-37(33)42-38-17-9-7-15-34(38)41/h1-25H. The molecule has 1 aliphatic rings. The van der Waals surface area contributed by atoms with Crippen LogP contribution in [-0.2, 0) is 0 Å². The van der Waals surface area contributed by atoms with E-state index in [2.05, 4.69) is 166 Å². The Morgan fingerprint density at radius 1 is 0.429 bits per heavy atom. The Morgan fingerprint density at radius 2 is 1.07 bits per heavy atom. The number of nitrogens with zero attached hydrogens (tertiary/aromatic N) is 3. The summed E-state index contributed by atoms with van der Waals surface area (Å²) in [5.41, 5.74) is 9.56. The van der Waals surface area contributed by atoms with Crippen molar-refractivity contribution in [2.24, 2.45) is 0 Å². The molecule has 3 nitrogen and oxygen atoms in total. The van der Waals surface area contributed by atoms with Crippen LogP contribution in [0.1, 0.15) is 0 Å². The summed E-state index contributed by atoms with van der Waals surface area (Å²) in [6, 6.07) is 52.6. The fourth-order valence-electron chi connectivity index (χ4n) is 6.42. The topological polar surface area (TPSA) is 13.1 Å². The molecule has 0 radical (unpaired) electrons. The molecule has 8 aromatic rings. The minimum Gasteiger partial charge on any atom is -0.317 e. The van der Waals surface area contributed by atoms with Crippen LogP contribution in [0.2, 0.25) is 0 Å². The van der Waals surface area contributed by atoms with E-state index in [9.17, 15) is 0 Å². The molecular formula is C38H25N3S. The first-order chi connectivity index (χ1) is 20.8. The summed E-state index contributed by atoms with van der Waals surface area (Å²) >= 11 is 1.84. The number of anilines is 3. The van der Waals surface area contributed by atoms with Gasteiger partial charge in [-0.1, -0.05) is 72.4 Å². The van der Waals surface area contributed by atoms with E-state index in [0.29, 0.717) is 0 Å². The van der Waals surface area contributed by atoms with Crippen molar-refractivity contribution in [3.63, 3.8) is 0 Å². The Hall–Kier alpha value is -5.19. The normalized spacial score (nSPS) is 12.6. The summed E-state index contributed by atoms with van der Waals surface area (Å²) in [6.07, 6.45) is 2.17. The molecule has 0 amide bonds. The third kappa shape index (κ3) is 3.49. The molecule has 0 fully saturated rings. The lowest BCUT2D eigenvalue weighted by Crippen LogP contribution is -2.14. The third-order valence-electron chi connectivity index (χ3n) is 8.32. The van der Waals surface area contributed by atoms with Crippen LogP contribution in [0.5, 0.6) is 0 Å². The summed E-state index contributed by atoms with van der Waals surface area (Å²) in [7, 11) is 0. The van der Waals surface area contributed by atoms with Gasteiger partial charge in [0, 0.05) is 49.2 Å². The molecule has 42 heavy (non-hydrogen) atoms. The van der Waals surface area contributed by atoms with Crippen LogP contribution in [0.25, 0.3) is 44.1 Å². The first-order valence-electron chi connectivity index (χ1n) is 14.2. The Balaban J connectivity index is 1.21. The van der Waals surface area contributed by atoms with E-state index in [1.165, 1.54) is 59.6 Å². The molecule has 0 bridgehead atoms. The molecule has 6 aromatic carbocycles. The van der Waals surface area contributed by atoms with E-state index in [-0.39, 0.29) is 0 Å². The molecule has 0 atom stereocenters. The highest BCUT2D eigenvalue weighted by Crippen LogP contribution is 2.51.